The number of aryl methyl sites for hydroxylation is 1. The summed E-state index contributed by atoms with van der Waals surface area (Å²) in [5.41, 5.74) is 2.35. The van der Waals surface area contributed by atoms with E-state index in [-0.39, 0.29) is 11.6 Å². The van der Waals surface area contributed by atoms with Crippen LogP contribution in [0.25, 0.3) is 17.0 Å². The Morgan fingerprint density at radius 3 is 2.61 bits per heavy atom. The summed E-state index contributed by atoms with van der Waals surface area (Å²) in [7, 11) is 1.95. The second-order valence-electron chi connectivity index (χ2n) is 7.91. The van der Waals surface area contributed by atoms with Gasteiger partial charge in [-0.05, 0) is 24.3 Å². The van der Waals surface area contributed by atoms with Crippen molar-refractivity contribution in [2.45, 2.75) is 0 Å². The molecule has 0 bridgehead atoms. The van der Waals surface area contributed by atoms with Crippen LogP contribution in [0, 0.1) is 0 Å². The smallest absolute Gasteiger partial charge is 0.267 e. The lowest BCUT2D eigenvalue weighted by molar-refractivity contribution is -0.117. The molecule has 0 atom stereocenters. The number of fused-ring (bicyclic) bond motifs is 1. The summed E-state index contributed by atoms with van der Waals surface area (Å²) in [6.45, 7) is 4.28. The zero-order valence-corrected chi connectivity index (χ0v) is 19.3. The number of benzene rings is 2. The number of para-hydroxylation sites is 1. The van der Waals surface area contributed by atoms with Crippen LogP contribution in [0.2, 0.25) is 5.02 Å². The van der Waals surface area contributed by atoms with Gasteiger partial charge in [-0.15, -0.1) is 0 Å². The van der Waals surface area contributed by atoms with Gasteiger partial charge in [-0.3, -0.25) is 14.5 Å². The lowest BCUT2D eigenvalue weighted by Crippen LogP contribution is -2.42. The Bertz CT molecular complexity index is 1180. The number of nitrogens with one attached hydrogen (secondary N) is 2. The van der Waals surface area contributed by atoms with Gasteiger partial charge in [0.05, 0.1) is 23.8 Å². The van der Waals surface area contributed by atoms with Crippen molar-refractivity contribution >= 4 is 40.4 Å². The van der Waals surface area contributed by atoms with Gasteiger partial charge in [0.25, 0.3) is 11.8 Å². The van der Waals surface area contributed by atoms with Crippen LogP contribution in [0.15, 0.2) is 60.4 Å². The maximum Gasteiger partial charge on any atom is 0.267 e. The van der Waals surface area contributed by atoms with Crippen molar-refractivity contribution in [3.63, 3.8) is 0 Å². The predicted octanol–water partition coefficient (Wildman–Crippen LogP) is 3.05. The highest BCUT2D eigenvalue weighted by molar-refractivity contribution is 6.34. The van der Waals surface area contributed by atoms with E-state index in [2.05, 4.69) is 15.5 Å². The van der Waals surface area contributed by atoms with Crippen molar-refractivity contribution in [2.75, 3.05) is 39.4 Å². The van der Waals surface area contributed by atoms with E-state index in [0.717, 1.165) is 36.1 Å². The van der Waals surface area contributed by atoms with Gasteiger partial charge in [-0.1, -0.05) is 41.9 Å². The first kappa shape index (κ1) is 23.0. The Morgan fingerprint density at radius 1 is 1.09 bits per heavy atom. The van der Waals surface area contributed by atoms with Crippen LogP contribution in [-0.4, -0.2) is 60.7 Å². The number of nitrogens with zero attached hydrogens (tertiary/aromatic N) is 2. The summed E-state index contributed by atoms with van der Waals surface area (Å²) in [6.07, 6.45) is 3.65. The molecule has 7 nitrogen and oxygen atoms in total. The van der Waals surface area contributed by atoms with Crippen molar-refractivity contribution in [1.82, 2.24) is 20.1 Å². The highest BCUT2D eigenvalue weighted by Gasteiger charge is 2.18. The Kier molecular flexibility index (Phi) is 7.44. The number of ether oxygens (including phenoxy) is 1. The largest absolute Gasteiger partial charge is 0.379 e. The average molecular weight is 467 g/mol. The van der Waals surface area contributed by atoms with Crippen molar-refractivity contribution in [2.24, 2.45) is 7.05 Å². The topological polar surface area (TPSA) is 75.6 Å². The van der Waals surface area contributed by atoms with Gasteiger partial charge in [-0.25, -0.2) is 0 Å². The first-order valence-corrected chi connectivity index (χ1v) is 11.3. The molecule has 0 unspecified atom stereocenters. The maximum absolute atomic E-state index is 13.1. The Balaban J connectivity index is 1.57. The van der Waals surface area contributed by atoms with Crippen LogP contribution < -0.4 is 10.6 Å². The molecule has 1 saturated heterocycles. The van der Waals surface area contributed by atoms with Crippen LogP contribution in [0.5, 0.6) is 0 Å². The molecular weight excluding hydrogens is 440 g/mol. The fourth-order valence-electron chi connectivity index (χ4n) is 3.88. The molecule has 2 aromatic carbocycles. The maximum atomic E-state index is 13.1. The molecule has 2 amide bonds. The molecule has 33 heavy (non-hydrogen) atoms. The van der Waals surface area contributed by atoms with E-state index >= 15 is 0 Å². The van der Waals surface area contributed by atoms with Crippen molar-refractivity contribution in [3.05, 3.63) is 76.6 Å². The molecular formula is C25H27ClN4O3. The molecule has 8 heteroatoms. The van der Waals surface area contributed by atoms with E-state index in [1.807, 2.05) is 42.1 Å². The van der Waals surface area contributed by atoms with Crippen molar-refractivity contribution in [3.8, 4) is 0 Å². The molecule has 2 N–H and O–H groups in total. The van der Waals surface area contributed by atoms with E-state index < -0.39 is 5.91 Å². The summed E-state index contributed by atoms with van der Waals surface area (Å²) in [5.74, 6) is -0.785. The average Bonchev–Trinajstić information content (AvgIpc) is 3.15. The van der Waals surface area contributed by atoms with Crippen LogP contribution in [-0.2, 0) is 16.6 Å². The summed E-state index contributed by atoms with van der Waals surface area (Å²) in [5, 5.41) is 7.02. The van der Waals surface area contributed by atoms with E-state index in [1.165, 1.54) is 0 Å². The summed E-state index contributed by atoms with van der Waals surface area (Å²) >= 11 is 6.19. The van der Waals surface area contributed by atoms with Gasteiger partial charge in [0.2, 0.25) is 0 Å². The number of rotatable bonds is 7. The highest BCUT2D eigenvalue weighted by Crippen LogP contribution is 2.23. The van der Waals surface area contributed by atoms with E-state index in [9.17, 15) is 9.59 Å². The molecule has 0 spiro atoms. The third-order valence-electron chi connectivity index (χ3n) is 5.66. The standard InChI is InChI=1S/C25H27ClN4O3/c1-29-17-18(19-6-3-5-9-23(19)29)16-22(28-24(31)20-7-2-4-8-21(20)26)25(32)27-10-11-30-12-14-33-15-13-30/h2-9,16-17H,10-15H2,1H3,(H,27,32)(H,28,31). The van der Waals surface area contributed by atoms with E-state index in [4.69, 9.17) is 16.3 Å². The van der Waals surface area contributed by atoms with Crippen LogP contribution in [0.3, 0.4) is 0 Å². The second-order valence-corrected chi connectivity index (χ2v) is 8.32. The van der Waals surface area contributed by atoms with Gasteiger partial charge in [0.15, 0.2) is 0 Å². The number of morpholine rings is 1. The fourth-order valence-corrected chi connectivity index (χ4v) is 4.11. The second kappa shape index (κ2) is 10.7. The van der Waals surface area contributed by atoms with Crippen LogP contribution in [0.1, 0.15) is 15.9 Å². The third-order valence-corrected chi connectivity index (χ3v) is 5.99. The number of amides is 2. The zero-order chi connectivity index (χ0) is 23.2. The molecule has 3 aromatic rings. The van der Waals surface area contributed by atoms with Gasteiger partial charge in [-0.2, -0.15) is 0 Å². The molecule has 1 fully saturated rings. The fraction of sp³-hybridized carbons (Fsp3) is 0.280. The monoisotopic (exact) mass is 466 g/mol. The molecule has 172 valence electrons. The summed E-state index contributed by atoms with van der Waals surface area (Å²) in [4.78, 5) is 28.3. The molecule has 0 aliphatic carbocycles. The van der Waals surface area contributed by atoms with Crippen molar-refractivity contribution < 1.29 is 14.3 Å². The van der Waals surface area contributed by atoms with Crippen molar-refractivity contribution in [1.29, 1.82) is 0 Å². The Labute approximate surface area is 198 Å². The van der Waals surface area contributed by atoms with Gasteiger partial charge in [0, 0.05) is 55.9 Å². The van der Waals surface area contributed by atoms with Crippen LogP contribution >= 0.6 is 11.6 Å². The predicted molar refractivity (Wildman–Crippen MR) is 130 cm³/mol. The Hall–Kier alpha value is -3.13. The quantitative estimate of drug-likeness (QED) is 0.525. The zero-order valence-electron chi connectivity index (χ0n) is 18.5. The molecule has 0 saturated carbocycles. The van der Waals surface area contributed by atoms with Gasteiger partial charge >= 0.3 is 0 Å². The third kappa shape index (κ3) is 5.63. The van der Waals surface area contributed by atoms with E-state index in [1.54, 1.807) is 30.3 Å². The first-order chi connectivity index (χ1) is 16.0. The number of carbonyl (C=O) groups is 2. The van der Waals surface area contributed by atoms with Gasteiger partial charge < -0.3 is 19.9 Å². The highest BCUT2D eigenvalue weighted by atomic mass is 35.5. The molecule has 2 heterocycles. The minimum Gasteiger partial charge on any atom is -0.379 e. The Morgan fingerprint density at radius 2 is 1.82 bits per heavy atom. The SMILES string of the molecule is Cn1cc(C=C(NC(=O)c2ccccc2Cl)C(=O)NCCN2CCOCC2)c2ccccc21. The number of halogens is 1. The van der Waals surface area contributed by atoms with Gasteiger partial charge in [0.1, 0.15) is 5.70 Å². The molecule has 1 aromatic heterocycles. The molecule has 1 aliphatic heterocycles. The van der Waals surface area contributed by atoms with E-state index in [0.29, 0.717) is 30.3 Å². The lowest BCUT2D eigenvalue weighted by Gasteiger charge is -2.26. The lowest BCUT2D eigenvalue weighted by atomic mass is 10.1. The minimum atomic E-state index is -0.435. The number of carbonyl (C=O) groups excluding carboxylic acids is 2. The summed E-state index contributed by atoms with van der Waals surface area (Å²) in [6, 6.07) is 14.7. The number of aromatic nitrogens is 1. The molecule has 4 rings (SSSR count). The minimum absolute atomic E-state index is 0.165. The first-order valence-electron chi connectivity index (χ1n) is 10.9. The number of hydrogen-bond donors (Lipinski definition) is 2. The normalized spacial score (nSPS) is 14.9. The molecule has 0 radical (unpaired) electrons. The summed E-state index contributed by atoms with van der Waals surface area (Å²) < 4.78 is 7.36. The van der Waals surface area contributed by atoms with Crippen LogP contribution in [0.4, 0.5) is 0 Å². The number of hydrogen-bond acceptors (Lipinski definition) is 4. The molecule has 1 aliphatic rings.